The first-order valence-corrected chi connectivity index (χ1v) is 11.8. The number of thiophene rings is 1. The minimum absolute atomic E-state index is 0.0419. The van der Waals surface area contributed by atoms with Crippen molar-refractivity contribution in [2.24, 2.45) is 0 Å². The average Bonchev–Trinajstić information content (AvgIpc) is 3.24. The number of hydrogen-bond donors (Lipinski definition) is 2. The number of hydrogen-bond acceptors (Lipinski definition) is 5. The molecule has 0 spiro atoms. The number of amides is 1. The maximum Gasteiger partial charge on any atom is 0.271 e. The number of anilines is 2. The van der Waals surface area contributed by atoms with E-state index in [4.69, 9.17) is 0 Å². The molecular weight excluding hydrogens is 418 g/mol. The van der Waals surface area contributed by atoms with Crippen molar-refractivity contribution in [3.63, 3.8) is 0 Å². The molecule has 3 aromatic rings. The molecule has 0 aliphatic carbocycles. The van der Waals surface area contributed by atoms with Crippen LogP contribution in [-0.2, 0) is 16.4 Å². The Kier molecular flexibility index (Phi) is 6.79. The maximum atomic E-state index is 12.5. The fourth-order valence-corrected chi connectivity index (χ4v) is 5.00. The summed E-state index contributed by atoms with van der Waals surface area (Å²) in [6.07, 6.45) is 0.720. The summed E-state index contributed by atoms with van der Waals surface area (Å²) < 4.78 is 27.3. The van der Waals surface area contributed by atoms with Gasteiger partial charge in [-0.2, -0.15) is 0 Å². The van der Waals surface area contributed by atoms with Gasteiger partial charge in [0, 0.05) is 37.1 Å². The lowest BCUT2D eigenvalue weighted by molar-refractivity contribution is 0.0940. The van der Waals surface area contributed by atoms with Gasteiger partial charge in [0.1, 0.15) is 4.21 Å². The van der Waals surface area contributed by atoms with Crippen molar-refractivity contribution in [2.45, 2.75) is 23.6 Å². The first-order chi connectivity index (χ1) is 14.2. The van der Waals surface area contributed by atoms with Crippen molar-refractivity contribution in [3.8, 4) is 0 Å². The number of rotatable bonds is 8. The quantitative estimate of drug-likeness (QED) is 0.552. The van der Waals surface area contributed by atoms with E-state index in [1.807, 2.05) is 25.9 Å². The van der Waals surface area contributed by atoms with Crippen LogP contribution >= 0.6 is 11.3 Å². The molecule has 1 atom stereocenters. The molecule has 2 N–H and O–H groups in total. The number of benzene rings is 2. The Morgan fingerprint density at radius 2 is 1.70 bits per heavy atom. The number of nitrogens with one attached hydrogen (secondary N) is 2. The summed E-state index contributed by atoms with van der Waals surface area (Å²) in [6, 6.07) is 17.8. The number of carbonyl (C=O) groups is 1. The molecular formula is C22H25N3O3S2. The van der Waals surface area contributed by atoms with E-state index >= 15 is 0 Å². The molecule has 1 aromatic heterocycles. The first kappa shape index (κ1) is 21.9. The summed E-state index contributed by atoms with van der Waals surface area (Å²) in [5, 5.41) is 4.69. The Labute approximate surface area is 181 Å². The fraction of sp³-hybridized carbons (Fsp3) is 0.227. The largest absolute Gasteiger partial charge is 0.378 e. The number of carbonyl (C=O) groups excluding carboxylic acids is 1. The Balaban J connectivity index is 1.57. The summed E-state index contributed by atoms with van der Waals surface area (Å²) in [7, 11) is 0.392. The van der Waals surface area contributed by atoms with Crippen molar-refractivity contribution < 1.29 is 13.2 Å². The van der Waals surface area contributed by atoms with E-state index in [9.17, 15) is 13.2 Å². The van der Waals surface area contributed by atoms with Crippen molar-refractivity contribution in [2.75, 3.05) is 23.7 Å². The van der Waals surface area contributed by atoms with Crippen molar-refractivity contribution in [3.05, 3.63) is 77.2 Å². The van der Waals surface area contributed by atoms with E-state index in [0.717, 1.165) is 29.0 Å². The second-order valence-electron chi connectivity index (χ2n) is 7.25. The molecule has 30 heavy (non-hydrogen) atoms. The zero-order valence-corrected chi connectivity index (χ0v) is 18.8. The zero-order valence-electron chi connectivity index (χ0n) is 17.1. The highest BCUT2D eigenvalue weighted by Gasteiger charge is 2.16. The second kappa shape index (κ2) is 9.32. The summed E-state index contributed by atoms with van der Waals surface area (Å²) in [5.74, 6) is -0.194. The lowest BCUT2D eigenvalue weighted by atomic mass is 10.1. The van der Waals surface area contributed by atoms with Crippen LogP contribution in [0.2, 0.25) is 0 Å². The van der Waals surface area contributed by atoms with Crippen LogP contribution in [0.5, 0.6) is 0 Å². The normalized spacial score (nSPS) is 12.2. The Bertz CT molecular complexity index is 1080. The highest BCUT2D eigenvalue weighted by Crippen LogP contribution is 2.20. The van der Waals surface area contributed by atoms with Crippen molar-refractivity contribution >= 4 is 38.6 Å². The Morgan fingerprint density at radius 3 is 2.27 bits per heavy atom. The summed E-state index contributed by atoms with van der Waals surface area (Å²) >= 11 is 1.15. The average molecular weight is 444 g/mol. The van der Waals surface area contributed by atoms with Crippen LogP contribution in [0.1, 0.15) is 22.8 Å². The highest BCUT2D eigenvalue weighted by molar-refractivity contribution is 7.94. The van der Waals surface area contributed by atoms with E-state index in [1.165, 1.54) is 0 Å². The minimum atomic E-state index is -3.60. The Hall–Kier alpha value is -2.84. The topological polar surface area (TPSA) is 78.5 Å². The molecule has 0 bridgehead atoms. The maximum absolute atomic E-state index is 12.5. The van der Waals surface area contributed by atoms with Gasteiger partial charge in [0.05, 0.1) is 0 Å². The molecule has 1 heterocycles. The van der Waals surface area contributed by atoms with Gasteiger partial charge in [-0.05, 0) is 66.8 Å². The SMILES string of the molecule is C[C@H](Cc1ccc(N(C)C)cc1)NC(=O)c1ccc(NS(=O)(=O)c2cccs2)cc1. The molecule has 0 saturated heterocycles. The molecule has 0 saturated carbocycles. The van der Waals surface area contributed by atoms with E-state index in [0.29, 0.717) is 11.3 Å². The van der Waals surface area contributed by atoms with E-state index in [1.54, 1.807) is 41.8 Å². The minimum Gasteiger partial charge on any atom is -0.378 e. The molecule has 6 nitrogen and oxygen atoms in total. The van der Waals surface area contributed by atoms with Gasteiger partial charge in [0.15, 0.2) is 0 Å². The van der Waals surface area contributed by atoms with Gasteiger partial charge < -0.3 is 10.2 Å². The van der Waals surface area contributed by atoms with Crippen LogP contribution in [-0.4, -0.2) is 34.5 Å². The van der Waals surface area contributed by atoms with Crippen LogP contribution in [0.25, 0.3) is 0 Å². The van der Waals surface area contributed by atoms with Gasteiger partial charge in [-0.1, -0.05) is 18.2 Å². The number of nitrogens with zero attached hydrogens (tertiary/aromatic N) is 1. The van der Waals surface area contributed by atoms with Gasteiger partial charge in [-0.25, -0.2) is 8.42 Å². The highest BCUT2D eigenvalue weighted by atomic mass is 32.2. The molecule has 158 valence electrons. The lowest BCUT2D eigenvalue weighted by Crippen LogP contribution is -2.34. The van der Waals surface area contributed by atoms with E-state index < -0.39 is 10.0 Å². The molecule has 8 heteroatoms. The molecule has 0 radical (unpaired) electrons. The van der Waals surface area contributed by atoms with E-state index in [-0.39, 0.29) is 16.2 Å². The molecule has 0 fully saturated rings. The molecule has 2 aromatic carbocycles. The fourth-order valence-electron chi connectivity index (χ4n) is 2.95. The van der Waals surface area contributed by atoms with Crippen LogP contribution in [0.4, 0.5) is 11.4 Å². The molecule has 1 amide bonds. The molecule has 0 unspecified atom stereocenters. The van der Waals surface area contributed by atoms with Crippen molar-refractivity contribution in [1.29, 1.82) is 0 Å². The predicted molar refractivity (Wildman–Crippen MR) is 123 cm³/mol. The van der Waals surface area contributed by atoms with Crippen LogP contribution in [0.3, 0.4) is 0 Å². The third kappa shape index (κ3) is 5.61. The summed E-state index contributed by atoms with van der Waals surface area (Å²) in [5.41, 5.74) is 3.16. The van der Waals surface area contributed by atoms with E-state index in [2.05, 4.69) is 34.3 Å². The van der Waals surface area contributed by atoms with Crippen LogP contribution in [0.15, 0.2) is 70.3 Å². The zero-order chi connectivity index (χ0) is 21.7. The Morgan fingerprint density at radius 1 is 1.03 bits per heavy atom. The second-order valence-corrected chi connectivity index (χ2v) is 10.1. The first-order valence-electron chi connectivity index (χ1n) is 9.48. The van der Waals surface area contributed by atoms with Gasteiger partial charge in [0.25, 0.3) is 15.9 Å². The van der Waals surface area contributed by atoms with Gasteiger partial charge >= 0.3 is 0 Å². The molecule has 0 aliphatic rings. The van der Waals surface area contributed by atoms with Gasteiger partial charge in [-0.3, -0.25) is 9.52 Å². The lowest BCUT2D eigenvalue weighted by Gasteiger charge is -2.16. The summed E-state index contributed by atoms with van der Waals surface area (Å²) in [6.45, 7) is 1.96. The van der Waals surface area contributed by atoms with Crippen molar-refractivity contribution in [1.82, 2.24) is 5.32 Å². The monoisotopic (exact) mass is 443 g/mol. The van der Waals surface area contributed by atoms with Gasteiger partial charge in [0.2, 0.25) is 0 Å². The van der Waals surface area contributed by atoms with Crippen LogP contribution < -0.4 is 14.9 Å². The van der Waals surface area contributed by atoms with Gasteiger partial charge in [-0.15, -0.1) is 11.3 Å². The third-order valence-corrected chi connectivity index (χ3v) is 7.31. The number of sulfonamides is 1. The smallest absolute Gasteiger partial charge is 0.271 e. The summed E-state index contributed by atoms with van der Waals surface area (Å²) in [4.78, 5) is 14.6. The standard InChI is InChI=1S/C22H25N3O3S2/c1-16(15-17-6-12-20(13-7-17)25(2)3)23-22(26)18-8-10-19(11-9-18)24-30(27,28)21-5-4-14-29-21/h4-14,16,24H,15H2,1-3H3,(H,23,26)/t16-/m1/s1. The molecule has 0 aliphatic heterocycles. The van der Waals surface area contributed by atoms with Crippen LogP contribution in [0, 0.1) is 0 Å². The third-order valence-electron chi connectivity index (χ3n) is 4.53. The molecule has 3 rings (SSSR count). The predicted octanol–water partition coefficient (Wildman–Crippen LogP) is 3.98.